The molecule has 21 heavy (non-hydrogen) atoms. The zero-order chi connectivity index (χ0) is 15.4. The lowest BCUT2D eigenvalue weighted by molar-refractivity contribution is 0.453. The Morgan fingerprint density at radius 2 is 1.86 bits per heavy atom. The van der Waals surface area contributed by atoms with Gasteiger partial charge in [-0.15, -0.1) is 0 Å². The normalized spacial score (nSPS) is 10.7. The van der Waals surface area contributed by atoms with Gasteiger partial charge in [-0.25, -0.2) is 4.98 Å². The van der Waals surface area contributed by atoms with Crippen molar-refractivity contribution in [1.82, 2.24) is 10.3 Å². The van der Waals surface area contributed by atoms with Gasteiger partial charge in [0.2, 0.25) is 5.88 Å². The third-order valence-corrected chi connectivity index (χ3v) is 4.09. The highest BCUT2D eigenvalue weighted by Gasteiger charge is 2.12. The lowest BCUT2D eigenvalue weighted by Gasteiger charge is -2.12. The molecule has 0 fully saturated rings. The Hall–Kier alpha value is -0.520. The lowest BCUT2D eigenvalue weighted by atomic mass is 10.2. The van der Waals surface area contributed by atoms with E-state index in [4.69, 9.17) is 39.5 Å². The molecule has 3 nitrogen and oxygen atoms in total. The van der Waals surface area contributed by atoms with Crippen molar-refractivity contribution in [2.45, 2.75) is 13.5 Å². The topological polar surface area (TPSA) is 34.2 Å². The molecule has 0 saturated carbocycles. The highest BCUT2D eigenvalue weighted by atomic mass is 79.9. The quantitative estimate of drug-likeness (QED) is 0.642. The summed E-state index contributed by atoms with van der Waals surface area (Å²) in [4.78, 5) is 4.28. The molecule has 0 saturated heterocycles. The van der Waals surface area contributed by atoms with Crippen LogP contribution in [0.2, 0.25) is 15.1 Å². The van der Waals surface area contributed by atoms with Crippen molar-refractivity contribution in [2.24, 2.45) is 0 Å². The molecule has 2 rings (SSSR count). The Kier molecular flexibility index (Phi) is 6.14. The van der Waals surface area contributed by atoms with Crippen molar-refractivity contribution >= 4 is 50.7 Å². The Balaban J connectivity index is 2.32. The second kappa shape index (κ2) is 7.65. The summed E-state index contributed by atoms with van der Waals surface area (Å²) in [7, 11) is 0. The van der Waals surface area contributed by atoms with Crippen molar-refractivity contribution in [2.75, 3.05) is 6.54 Å². The van der Waals surface area contributed by atoms with E-state index >= 15 is 0 Å². The Bertz CT molecular complexity index is 652. The number of nitrogens with zero attached hydrogens (tertiary/aromatic N) is 1. The van der Waals surface area contributed by atoms with Gasteiger partial charge in [0.05, 0.1) is 15.1 Å². The van der Waals surface area contributed by atoms with Crippen molar-refractivity contribution in [1.29, 1.82) is 0 Å². The average Bonchev–Trinajstić information content (AvgIpc) is 2.44. The van der Waals surface area contributed by atoms with Crippen molar-refractivity contribution < 1.29 is 4.74 Å². The third-order valence-electron chi connectivity index (χ3n) is 2.64. The van der Waals surface area contributed by atoms with E-state index in [1.54, 1.807) is 18.3 Å². The fourth-order valence-electron chi connectivity index (χ4n) is 1.63. The predicted octanol–water partition coefficient (Wildman–Crippen LogP) is 5.71. The number of pyridine rings is 1. The third kappa shape index (κ3) is 4.47. The molecule has 0 aliphatic rings. The van der Waals surface area contributed by atoms with Gasteiger partial charge in [0.25, 0.3) is 0 Å². The molecule has 1 heterocycles. The summed E-state index contributed by atoms with van der Waals surface area (Å²) < 4.78 is 6.66. The first-order chi connectivity index (χ1) is 10.0. The molecule has 2 aromatic rings. The molecule has 0 aliphatic heterocycles. The number of hydrogen-bond acceptors (Lipinski definition) is 3. The number of aromatic nitrogens is 1. The molecule has 0 amide bonds. The van der Waals surface area contributed by atoms with Crippen LogP contribution in [0.1, 0.15) is 12.5 Å². The van der Waals surface area contributed by atoms with Gasteiger partial charge in [0.1, 0.15) is 5.75 Å². The summed E-state index contributed by atoms with van der Waals surface area (Å²) in [5.41, 5.74) is 0.911. The predicted molar refractivity (Wildman–Crippen MR) is 90.9 cm³/mol. The molecule has 0 spiro atoms. The monoisotopic (exact) mass is 408 g/mol. The number of ether oxygens (including phenoxy) is 1. The van der Waals surface area contributed by atoms with Crippen LogP contribution in [0.25, 0.3) is 0 Å². The summed E-state index contributed by atoms with van der Waals surface area (Å²) in [6, 6.07) is 5.06. The summed E-state index contributed by atoms with van der Waals surface area (Å²) in [5, 5.41) is 4.37. The first-order valence-electron chi connectivity index (χ1n) is 6.18. The zero-order valence-electron chi connectivity index (χ0n) is 11.1. The fourth-order valence-corrected chi connectivity index (χ4v) is 2.59. The van der Waals surface area contributed by atoms with Crippen molar-refractivity contribution in [3.8, 4) is 11.6 Å². The fraction of sp³-hybridized carbons (Fsp3) is 0.214. The molecular weight excluding hydrogens is 398 g/mol. The van der Waals surface area contributed by atoms with Crippen LogP contribution in [0.4, 0.5) is 0 Å². The minimum absolute atomic E-state index is 0.376. The zero-order valence-corrected chi connectivity index (χ0v) is 14.9. The number of hydrogen-bond donors (Lipinski definition) is 1. The number of nitrogens with one attached hydrogen (secondary N) is 1. The van der Waals surface area contributed by atoms with Crippen LogP contribution in [0.3, 0.4) is 0 Å². The molecule has 0 atom stereocenters. The van der Waals surface area contributed by atoms with E-state index in [0.717, 1.165) is 16.6 Å². The summed E-state index contributed by atoms with van der Waals surface area (Å²) in [5.74, 6) is 0.887. The van der Waals surface area contributed by atoms with Crippen LogP contribution in [0.15, 0.2) is 28.9 Å². The minimum Gasteiger partial charge on any atom is -0.437 e. The molecule has 7 heteroatoms. The van der Waals surface area contributed by atoms with E-state index in [9.17, 15) is 0 Å². The van der Waals surface area contributed by atoms with Crippen LogP contribution in [-0.2, 0) is 6.54 Å². The van der Waals surface area contributed by atoms with Gasteiger partial charge in [-0.1, -0.05) is 41.7 Å². The van der Waals surface area contributed by atoms with Crippen molar-refractivity contribution in [3.05, 3.63) is 49.5 Å². The van der Waals surface area contributed by atoms with Gasteiger partial charge in [0, 0.05) is 28.8 Å². The molecule has 0 unspecified atom stereocenters. The maximum Gasteiger partial charge on any atom is 0.223 e. The second-order valence-corrected chi connectivity index (χ2v) is 6.33. The smallest absolute Gasteiger partial charge is 0.223 e. The van der Waals surface area contributed by atoms with Gasteiger partial charge in [0.15, 0.2) is 0 Å². The lowest BCUT2D eigenvalue weighted by Crippen LogP contribution is -2.13. The number of benzene rings is 1. The van der Waals surface area contributed by atoms with E-state index in [1.807, 2.05) is 13.0 Å². The van der Waals surface area contributed by atoms with Crippen LogP contribution in [0.5, 0.6) is 11.6 Å². The molecule has 112 valence electrons. The molecule has 1 N–H and O–H groups in total. The summed E-state index contributed by atoms with van der Waals surface area (Å²) in [6.07, 6.45) is 1.66. The van der Waals surface area contributed by atoms with Crippen LogP contribution in [-0.4, -0.2) is 11.5 Å². The molecule has 1 aromatic carbocycles. The molecule has 0 aliphatic carbocycles. The van der Waals surface area contributed by atoms with E-state index in [0.29, 0.717) is 33.2 Å². The van der Waals surface area contributed by atoms with Gasteiger partial charge in [-0.2, -0.15) is 0 Å². The Morgan fingerprint density at radius 1 is 1.14 bits per heavy atom. The first-order valence-corrected chi connectivity index (χ1v) is 8.11. The summed E-state index contributed by atoms with van der Waals surface area (Å²) in [6.45, 7) is 3.51. The number of rotatable bonds is 5. The van der Waals surface area contributed by atoms with Gasteiger partial charge < -0.3 is 10.1 Å². The molecule has 0 radical (unpaired) electrons. The number of halogens is 4. The largest absolute Gasteiger partial charge is 0.437 e. The maximum absolute atomic E-state index is 6.12. The van der Waals surface area contributed by atoms with Crippen LogP contribution >= 0.6 is 50.7 Å². The Morgan fingerprint density at radius 3 is 2.57 bits per heavy atom. The molecule has 0 bridgehead atoms. The van der Waals surface area contributed by atoms with E-state index in [1.165, 1.54) is 0 Å². The molecular formula is C14H12BrCl3N2O. The standard InChI is InChI=1S/C14H12BrCl3N2O/c1-2-19-6-8-3-9(15)7-20-14(8)21-13-5-11(17)10(16)4-12(13)18/h3-5,7,19H,2,6H2,1H3. The molecule has 1 aromatic heterocycles. The minimum atomic E-state index is 0.376. The van der Waals surface area contributed by atoms with Gasteiger partial charge >= 0.3 is 0 Å². The van der Waals surface area contributed by atoms with Gasteiger partial charge in [-0.3, -0.25) is 0 Å². The highest BCUT2D eigenvalue weighted by molar-refractivity contribution is 9.10. The van der Waals surface area contributed by atoms with Crippen LogP contribution < -0.4 is 10.1 Å². The van der Waals surface area contributed by atoms with E-state index < -0.39 is 0 Å². The Labute approximate surface area is 146 Å². The SMILES string of the molecule is CCNCc1cc(Br)cnc1Oc1cc(Cl)c(Cl)cc1Cl. The van der Waals surface area contributed by atoms with Crippen LogP contribution in [0, 0.1) is 0 Å². The highest BCUT2D eigenvalue weighted by Crippen LogP contribution is 2.36. The van der Waals surface area contributed by atoms with E-state index in [-0.39, 0.29) is 0 Å². The maximum atomic E-state index is 6.12. The van der Waals surface area contributed by atoms with Crippen molar-refractivity contribution in [3.63, 3.8) is 0 Å². The first kappa shape index (κ1) is 16.8. The van der Waals surface area contributed by atoms with E-state index in [2.05, 4.69) is 26.2 Å². The van der Waals surface area contributed by atoms with Gasteiger partial charge in [-0.05, 0) is 34.6 Å². The summed E-state index contributed by atoms with van der Waals surface area (Å²) >= 11 is 21.4. The average molecular weight is 411 g/mol. The second-order valence-electron chi connectivity index (χ2n) is 4.20.